The number of amides is 1. The van der Waals surface area contributed by atoms with Crippen molar-refractivity contribution in [2.45, 2.75) is 45.8 Å². The van der Waals surface area contributed by atoms with Gasteiger partial charge in [-0.3, -0.25) is 0 Å². The van der Waals surface area contributed by atoms with Gasteiger partial charge in [0.1, 0.15) is 11.4 Å². The van der Waals surface area contributed by atoms with Crippen molar-refractivity contribution >= 4 is 23.5 Å². The van der Waals surface area contributed by atoms with E-state index >= 15 is 0 Å². The van der Waals surface area contributed by atoms with E-state index in [0.29, 0.717) is 6.54 Å². The number of carbonyl (C=O) groups excluding carboxylic acids is 1. The number of aryl methyl sites for hydroxylation is 1. The standard InChI is InChI=1S/C14H21ClN4O2/c1-9-7-11(18-12(15)16-9)19-6-5-10(8-19)17-13(20)21-14(2,3)4/h7,10H,5-6,8H2,1-4H3,(H,17,20)/t10-/m1/s1. The Balaban J connectivity index is 1.93. The summed E-state index contributed by atoms with van der Waals surface area (Å²) in [7, 11) is 0. The molecule has 0 unspecified atom stereocenters. The van der Waals surface area contributed by atoms with Gasteiger partial charge >= 0.3 is 6.09 Å². The van der Waals surface area contributed by atoms with Gasteiger partial charge in [-0.25, -0.2) is 14.8 Å². The molecule has 1 aromatic rings. The number of halogens is 1. The van der Waals surface area contributed by atoms with Crippen LogP contribution in [-0.4, -0.2) is 40.8 Å². The maximum atomic E-state index is 11.8. The lowest BCUT2D eigenvalue weighted by Crippen LogP contribution is -2.40. The van der Waals surface area contributed by atoms with E-state index in [1.54, 1.807) is 0 Å². The molecule has 1 aliphatic rings. The number of rotatable bonds is 2. The topological polar surface area (TPSA) is 67.4 Å². The van der Waals surface area contributed by atoms with Gasteiger partial charge in [-0.2, -0.15) is 0 Å². The largest absolute Gasteiger partial charge is 0.444 e. The molecular weight excluding hydrogens is 292 g/mol. The fourth-order valence-electron chi connectivity index (χ4n) is 2.24. The van der Waals surface area contributed by atoms with Gasteiger partial charge in [-0.15, -0.1) is 0 Å². The van der Waals surface area contributed by atoms with Gasteiger partial charge in [0.2, 0.25) is 5.28 Å². The van der Waals surface area contributed by atoms with Crippen molar-refractivity contribution in [3.63, 3.8) is 0 Å². The maximum absolute atomic E-state index is 11.8. The number of carbonyl (C=O) groups is 1. The third-order valence-corrected chi connectivity index (χ3v) is 3.22. The number of nitrogens with one attached hydrogen (secondary N) is 1. The average Bonchev–Trinajstić information content (AvgIpc) is 2.73. The van der Waals surface area contributed by atoms with Gasteiger partial charge in [0.15, 0.2) is 0 Å². The second kappa shape index (κ2) is 6.05. The van der Waals surface area contributed by atoms with Crippen molar-refractivity contribution in [1.82, 2.24) is 15.3 Å². The molecule has 0 aromatic carbocycles. The van der Waals surface area contributed by atoms with E-state index in [1.807, 2.05) is 33.8 Å². The Kier molecular flexibility index (Phi) is 4.56. The minimum Gasteiger partial charge on any atom is -0.444 e. The Hall–Kier alpha value is -1.56. The lowest BCUT2D eigenvalue weighted by molar-refractivity contribution is 0.0509. The van der Waals surface area contributed by atoms with Crippen LogP contribution in [0.2, 0.25) is 5.28 Å². The van der Waals surface area contributed by atoms with Crippen LogP contribution in [0.25, 0.3) is 0 Å². The van der Waals surface area contributed by atoms with Crippen LogP contribution in [0.5, 0.6) is 0 Å². The molecule has 0 aliphatic carbocycles. The summed E-state index contributed by atoms with van der Waals surface area (Å²) in [6, 6.07) is 1.94. The first-order valence-electron chi connectivity index (χ1n) is 6.98. The zero-order valence-corrected chi connectivity index (χ0v) is 13.6. The SMILES string of the molecule is Cc1cc(N2CC[C@@H](NC(=O)OC(C)(C)C)C2)nc(Cl)n1. The van der Waals surface area contributed by atoms with Crippen LogP contribution in [0, 0.1) is 6.92 Å². The van der Waals surface area contributed by atoms with Crippen LogP contribution >= 0.6 is 11.6 Å². The Labute approximate surface area is 129 Å². The number of ether oxygens (including phenoxy) is 1. The first-order valence-corrected chi connectivity index (χ1v) is 7.36. The zero-order valence-electron chi connectivity index (χ0n) is 12.8. The summed E-state index contributed by atoms with van der Waals surface area (Å²) in [5.41, 5.74) is 0.341. The lowest BCUT2D eigenvalue weighted by atomic mass is 10.2. The fourth-order valence-corrected chi connectivity index (χ4v) is 2.46. The summed E-state index contributed by atoms with van der Waals surface area (Å²) in [5.74, 6) is 0.793. The molecule has 21 heavy (non-hydrogen) atoms. The highest BCUT2D eigenvalue weighted by molar-refractivity contribution is 6.28. The molecule has 1 N–H and O–H groups in total. The molecule has 0 spiro atoms. The Bertz CT molecular complexity index is 510. The van der Waals surface area contributed by atoms with Gasteiger partial charge in [0.05, 0.1) is 6.04 Å². The first-order chi connectivity index (χ1) is 9.73. The van der Waals surface area contributed by atoms with Gasteiger partial charge in [0.25, 0.3) is 0 Å². The maximum Gasteiger partial charge on any atom is 0.407 e. The number of alkyl carbamates (subject to hydrolysis) is 1. The molecule has 0 bridgehead atoms. The minimum atomic E-state index is -0.486. The molecule has 0 radical (unpaired) electrons. The number of hydrogen-bond donors (Lipinski definition) is 1. The highest BCUT2D eigenvalue weighted by atomic mass is 35.5. The third-order valence-electron chi connectivity index (χ3n) is 3.05. The van der Waals surface area contributed by atoms with Crippen LogP contribution in [0.1, 0.15) is 32.9 Å². The Morgan fingerprint density at radius 1 is 1.48 bits per heavy atom. The lowest BCUT2D eigenvalue weighted by Gasteiger charge is -2.22. The third kappa shape index (κ3) is 4.74. The zero-order chi connectivity index (χ0) is 15.6. The molecule has 2 heterocycles. The second-order valence-electron chi connectivity index (χ2n) is 6.21. The van der Waals surface area contributed by atoms with E-state index in [2.05, 4.69) is 20.2 Å². The molecule has 7 heteroatoms. The van der Waals surface area contributed by atoms with Crippen molar-refractivity contribution in [3.05, 3.63) is 17.0 Å². The average molecular weight is 313 g/mol. The van der Waals surface area contributed by atoms with Gasteiger partial charge < -0.3 is 15.0 Å². The van der Waals surface area contributed by atoms with E-state index in [4.69, 9.17) is 16.3 Å². The molecule has 1 aliphatic heterocycles. The molecule has 1 fully saturated rings. The first kappa shape index (κ1) is 15.8. The quantitative estimate of drug-likeness (QED) is 0.850. The van der Waals surface area contributed by atoms with Crippen LogP contribution in [0.4, 0.5) is 10.6 Å². The molecule has 1 amide bonds. The molecule has 6 nitrogen and oxygen atoms in total. The van der Waals surface area contributed by atoms with Crippen LogP contribution in [0.3, 0.4) is 0 Å². The molecule has 1 aromatic heterocycles. The summed E-state index contributed by atoms with van der Waals surface area (Å²) in [6.45, 7) is 8.92. The minimum absolute atomic E-state index is 0.0499. The predicted molar refractivity (Wildman–Crippen MR) is 81.8 cm³/mol. The molecule has 2 rings (SSSR count). The number of anilines is 1. The van der Waals surface area contributed by atoms with Crippen molar-refractivity contribution in [3.8, 4) is 0 Å². The van der Waals surface area contributed by atoms with E-state index in [1.165, 1.54) is 0 Å². The molecule has 1 atom stereocenters. The summed E-state index contributed by atoms with van der Waals surface area (Å²) in [4.78, 5) is 22.1. The summed E-state index contributed by atoms with van der Waals surface area (Å²) < 4.78 is 5.26. The normalized spacial score (nSPS) is 18.7. The predicted octanol–water partition coefficient (Wildman–Crippen LogP) is 2.54. The van der Waals surface area contributed by atoms with Crippen LogP contribution in [-0.2, 0) is 4.74 Å². The Morgan fingerprint density at radius 2 is 2.19 bits per heavy atom. The van der Waals surface area contributed by atoms with E-state index in [-0.39, 0.29) is 17.4 Å². The van der Waals surface area contributed by atoms with Crippen LogP contribution < -0.4 is 10.2 Å². The van der Waals surface area contributed by atoms with Gasteiger partial charge in [0, 0.05) is 24.8 Å². The molecule has 1 saturated heterocycles. The molecule has 116 valence electrons. The van der Waals surface area contributed by atoms with Crippen molar-refractivity contribution in [2.75, 3.05) is 18.0 Å². The smallest absolute Gasteiger partial charge is 0.407 e. The fraction of sp³-hybridized carbons (Fsp3) is 0.643. The van der Waals surface area contributed by atoms with Crippen molar-refractivity contribution in [1.29, 1.82) is 0 Å². The highest BCUT2D eigenvalue weighted by Gasteiger charge is 2.27. The van der Waals surface area contributed by atoms with Crippen molar-refractivity contribution < 1.29 is 9.53 Å². The summed E-state index contributed by atoms with van der Waals surface area (Å²) in [6.07, 6.45) is 0.464. The molecular formula is C14H21ClN4O2. The number of hydrogen-bond acceptors (Lipinski definition) is 5. The van der Waals surface area contributed by atoms with Crippen molar-refractivity contribution in [2.24, 2.45) is 0 Å². The monoisotopic (exact) mass is 312 g/mol. The summed E-state index contributed by atoms with van der Waals surface area (Å²) in [5, 5.41) is 3.13. The van der Waals surface area contributed by atoms with E-state index in [0.717, 1.165) is 24.5 Å². The highest BCUT2D eigenvalue weighted by Crippen LogP contribution is 2.20. The second-order valence-corrected chi connectivity index (χ2v) is 6.55. The summed E-state index contributed by atoms with van der Waals surface area (Å²) >= 11 is 5.88. The van der Waals surface area contributed by atoms with Crippen LogP contribution in [0.15, 0.2) is 6.07 Å². The van der Waals surface area contributed by atoms with E-state index < -0.39 is 5.60 Å². The molecule has 0 saturated carbocycles. The van der Waals surface area contributed by atoms with E-state index in [9.17, 15) is 4.79 Å². The number of nitrogens with zero attached hydrogens (tertiary/aromatic N) is 3. The van der Waals surface area contributed by atoms with Gasteiger partial charge in [-0.05, 0) is 45.7 Å². The Morgan fingerprint density at radius 3 is 2.81 bits per heavy atom. The van der Waals surface area contributed by atoms with Gasteiger partial charge in [-0.1, -0.05) is 0 Å². The number of aromatic nitrogens is 2.